The molecule has 0 saturated carbocycles. The minimum atomic E-state index is -0.736. The number of nitrogens with zero attached hydrogens (tertiary/aromatic N) is 3. The van der Waals surface area contributed by atoms with E-state index in [1.54, 1.807) is 25.5 Å². The molecule has 39 heavy (non-hydrogen) atoms. The highest BCUT2D eigenvalue weighted by atomic mass is 35.5. The number of para-hydroxylation sites is 1. The first kappa shape index (κ1) is 26.7. The van der Waals surface area contributed by atoms with E-state index in [0.29, 0.717) is 36.9 Å². The van der Waals surface area contributed by atoms with Gasteiger partial charge in [0.05, 0.1) is 29.5 Å². The quantitative estimate of drug-likeness (QED) is 0.315. The molecule has 0 spiro atoms. The fourth-order valence-electron chi connectivity index (χ4n) is 5.04. The normalized spacial score (nSPS) is 15.2. The Bertz CT molecular complexity index is 1790. The van der Waals surface area contributed by atoms with Crippen LogP contribution in [0.25, 0.3) is 11.8 Å². The highest BCUT2D eigenvalue weighted by Crippen LogP contribution is 2.35. The average Bonchev–Trinajstić information content (AvgIpc) is 3.37. The topological polar surface area (TPSA) is 74.8 Å². The van der Waals surface area contributed by atoms with Crippen molar-refractivity contribution < 1.29 is 14.3 Å². The van der Waals surface area contributed by atoms with Gasteiger partial charge in [-0.2, -0.15) is 0 Å². The molecule has 3 heterocycles. The number of benzene rings is 2. The van der Waals surface area contributed by atoms with Crippen LogP contribution in [0.5, 0.6) is 5.75 Å². The molecule has 0 N–H and O–H groups in total. The van der Waals surface area contributed by atoms with Crippen LogP contribution in [0, 0.1) is 13.8 Å². The number of allylic oxidation sites excluding steroid dienone is 1. The molecule has 0 unspecified atom stereocenters. The number of ether oxygens (including phenoxy) is 2. The zero-order chi connectivity index (χ0) is 27.8. The number of halogens is 1. The van der Waals surface area contributed by atoms with E-state index in [1.807, 2.05) is 68.5 Å². The number of rotatable bonds is 6. The minimum Gasteiger partial charge on any atom is -0.496 e. The Morgan fingerprint density at radius 1 is 1.13 bits per heavy atom. The highest BCUT2D eigenvalue weighted by Gasteiger charge is 2.35. The first-order valence-electron chi connectivity index (χ1n) is 12.5. The largest absolute Gasteiger partial charge is 0.496 e. The lowest BCUT2D eigenvalue weighted by Crippen LogP contribution is -2.40. The molecule has 1 atom stereocenters. The zero-order valence-electron chi connectivity index (χ0n) is 22.3. The third kappa shape index (κ3) is 4.75. The van der Waals surface area contributed by atoms with E-state index in [9.17, 15) is 9.59 Å². The van der Waals surface area contributed by atoms with E-state index in [4.69, 9.17) is 21.1 Å². The summed E-state index contributed by atoms with van der Waals surface area (Å²) in [6, 6.07) is 16.3. The molecule has 2 aromatic heterocycles. The molecule has 0 saturated heterocycles. The maximum absolute atomic E-state index is 14.0. The maximum Gasteiger partial charge on any atom is 0.338 e. The van der Waals surface area contributed by atoms with Crippen LogP contribution in [0.1, 0.15) is 42.4 Å². The van der Waals surface area contributed by atoms with Crippen LogP contribution in [0.4, 0.5) is 0 Å². The Kier molecular flexibility index (Phi) is 7.34. The van der Waals surface area contributed by atoms with Crippen molar-refractivity contribution in [1.29, 1.82) is 0 Å². The zero-order valence-corrected chi connectivity index (χ0v) is 23.9. The van der Waals surface area contributed by atoms with Crippen molar-refractivity contribution in [3.05, 3.63) is 113 Å². The summed E-state index contributed by atoms with van der Waals surface area (Å²) in [5.74, 6) is 0.0653. The highest BCUT2D eigenvalue weighted by molar-refractivity contribution is 7.07. The van der Waals surface area contributed by atoms with Crippen molar-refractivity contribution in [3.63, 3.8) is 0 Å². The summed E-state index contributed by atoms with van der Waals surface area (Å²) in [5, 5.41) is 0.671. The number of thiazole rings is 1. The van der Waals surface area contributed by atoms with E-state index >= 15 is 0 Å². The molecule has 1 aliphatic rings. The fraction of sp³-hybridized carbons (Fsp3) is 0.233. The summed E-state index contributed by atoms with van der Waals surface area (Å²) >= 11 is 7.39. The lowest BCUT2D eigenvalue weighted by molar-refractivity contribution is -0.139. The van der Waals surface area contributed by atoms with E-state index in [2.05, 4.69) is 15.6 Å². The molecule has 200 valence electrons. The molecule has 9 heteroatoms. The number of esters is 1. The van der Waals surface area contributed by atoms with Crippen LogP contribution in [0.3, 0.4) is 0 Å². The van der Waals surface area contributed by atoms with Gasteiger partial charge in [-0.1, -0.05) is 41.1 Å². The Labute approximate surface area is 234 Å². The van der Waals surface area contributed by atoms with Crippen LogP contribution >= 0.6 is 22.9 Å². The van der Waals surface area contributed by atoms with Crippen molar-refractivity contribution in [2.75, 3.05) is 13.7 Å². The smallest absolute Gasteiger partial charge is 0.338 e. The standard InChI is InChI=1S/C30H28ClN3O4S/c1-6-38-29(36)26-18(3)32-30-34(27(26)23-9-7-8-10-24(23)37-5)28(35)25(39-30)16-20-15-17(2)33(19(20)4)22-13-11-21(31)12-14-22/h7-16,27H,6H2,1-5H3/b25-16+/t27-/m0/s1. The first-order valence-corrected chi connectivity index (χ1v) is 13.7. The van der Waals surface area contributed by atoms with Crippen molar-refractivity contribution in [2.45, 2.75) is 33.7 Å². The van der Waals surface area contributed by atoms with Gasteiger partial charge in [0.25, 0.3) is 5.56 Å². The van der Waals surface area contributed by atoms with Gasteiger partial charge in [-0.05, 0) is 75.7 Å². The van der Waals surface area contributed by atoms with Crippen LogP contribution < -0.4 is 19.6 Å². The van der Waals surface area contributed by atoms with Gasteiger partial charge >= 0.3 is 5.97 Å². The van der Waals surface area contributed by atoms with E-state index in [1.165, 1.54) is 11.3 Å². The van der Waals surface area contributed by atoms with E-state index in [0.717, 1.165) is 22.6 Å². The monoisotopic (exact) mass is 561 g/mol. The fourth-order valence-corrected chi connectivity index (χ4v) is 6.20. The summed E-state index contributed by atoms with van der Waals surface area (Å²) in [6.07, 6.45) is 1.89. The van der Waals surface area contributed by atoms with Crippen molar-refractivity contribution in [1.82, 2.24) is 9.13 Å². The number of aromatic nitrogens is 2. The number of carbonyl (C=O) groups excluding carboxylic acids is 1. The molecule has 0 amide bonds. The molecule has 0 bridgehead atoms. The molecule has 4 aromatic rings. The molecule has 0 aliphatic carbocycles. The lowest BCUT2D eigenvalue weighted by atomic mass is 9.95. The van der Waals surface area contributed by atoms with Gasteiger partial charge in [-0.15, -0.1) is 0 Å². The molecular weight excluding hydrogens is 534 g/mol. The Hall–Kier alpha value is -3.88. The second-order valence-corrected chi connectivity index (χ2v) is 10.6. The molecule has 5 rings (SSSR count). The predicted molar refractivity (Wildman–Crippen MR) is 154 cm³/mol. The molecule has 0 fully saturated rings. The van der Waals surface area contributed by atoms with Gasteiger partial charge in [0.15, 0.2) is 4.80 Å². The minimum absolute atomic E-state index is 0.210. The van der Waals surface area contributed by atoms with Gasteiger partial charge in [0.1, 0.15) is 11.8 Å². The molecule has 7 nitrogen and oxygen atoms in total. The summed E-state index contributed by atoms with van der Waals surface area (Å²) < 4.78 is 15.2. The van der Waals surface area contributed by atoms with E-state index in [-0.39, 0.29) is 12.2 Å². The number of aryl methyl sites for hydroxylation is 1. The Balaban J connectivity index is 1.71. The van der Waals surface area contributed by atoms with Crippen LogP contribution in [-0.4, -0.2) is 28.8 Å². The second-order valence-electron chi connectivity index (χ2n) is 9.18. The Morgan fingerprint density at radius 3 is 2.54 bits per heavy atom. The number of hydrogen-bond acceptors (Lipinski definition) is 6. The summed E-state index contributed by atoms with van der Waals surface area (Å²) in [5.41, 5.74) is 5.21. The van der Waals surface area contributed by atoms with Crippen LogP contribution in [0.15, 0.2) is 75.7 Å². The predicted octanol–water partition coefficient (Wildman–Crippen LogP) is 4.87. The molecule has 1 aliphatic heterocycles. The van der Waals surface area contributed by atoms with Crippen LogP contribution in [-0.2, 0) is 9.53 Å². The summed E-state index contributed by atoms with van der Waals surface area (Å²) in [4.78, 5) is 32.3. The molecular formula is C30H28ClN3O4S. The van der Waals surface area contributed by atoms with Crippen molar-refractivity contribution >= 4 is 35.0 Å². The number of carbonyl (C=O) groups is 1. The molecule has 2 aromatic carbocycles. The van der Waals surface area contributed by atoms with Gasteiger partial charge in [-0.3, -0.25) is 9.36 Å². The third-order valence-corrected chi connectivity index (χ3v) is 8.03. The van der Waals surface area contributed by atoms with Gasteiger partial charge in [-0.25, -0.2) is 9.79 Å². The SMILES string of the molecule is CCOC(=O)C1=C(C)N=c2s/c(=C/c3cc(C)n(-c4ccc(Cl)cc4)c3C)c(=O)n2[C@H]1c1ccccc1OC. The maximum atomic E-state index is 14.0. The number of methoxy groups -OCH3 is 1. The molecule has 0 radical (unpaired) electrons. The van der Waals surface area contributed by atoms with Gasteiger partial charge in [0.2, 0.25) is 0 Å². The van der Waals surface area contributed by atoms with Crippen molar-refractivity contribution in [3.8, 4) is 11.4 Å². The second kappa shape index (κ2) is 10.7. The van der Waals surface area contributed by atoms with Crippen molar-refractivity contribution in [2.24, 2.45) is 4.99 Å². The Morgan fingerprint density at radius 2 is 1.85 bits per heavy atom. The number of hydrogen-bond donors (Lipinski definition) is 0. The number of fused-ring (bicyclic) bond motifs is 1. The van der Waals surface area contributed by atoms with Gasteiger partial charge < -0.3 is 14.0 Å². The van der Waals surface area contributed by atoms with Crippen LogP contribution in [0.2, 0.25) is 5.02 Å². The lowest BCUT2D eigenvalue weighted by Gasteiger charge is -2.25. The third-order valence-electron chi connectivity index (χ3n) is 6.79. The average molecular weight is 562 g/mol. The summed E-state index contributed by atoms with van der Waals surface area (Å²) in [7, 11) is 1.57. The first-order chi connectivity index (χ1) is 18.7. The van der Waals surface area contributed by atoms with Gasteiger partial charge in [0, 0.05) is 27.7 Å². The summed E-state index contributed by atoms with van der Waals surface area (Å²) in [6.45, 7) is 7.78. The van der Waals surface area contributed by atoms with E-state index < -0.39 is 12.0 Å².